The SMILES string of the molecule is CC1CCCC(C)C1Nc1cc(-n2cnnn2)ccc1Cl. The van der Waals surface area contributed by atoms with E-state index < -0.39 is 0 Å². The van der Waals surface area contributed by atoms with Gasteiger partial charge in [-0.2, -0.15) is 0 Å². The van der Waals surface area contributed by atoms with Gasteiger partial charge in [0.2, 0.25) is 0 Å². The summed E-state index contributed by atoms with van der Waals surface area (Å²) in [5, 5.41) is 15.6. The molecule has 1 aromatic heterocycles. The Morgan fingerprint density at radius 1 is 1.24 bits per heavy atom. The molecule has 0 spiro atoms. The second-order valence-electron chi connectivity index (χ2n) is 5.97. The summed E-state index contributed by atoms with van der Waals surface area (Å²) in [5.74, 6) is 1.31. The fourth-order valence-corrected chi connectivity index (χ4v) is 3.36. The van der Waals surface area contributed by atoms with Gasteiger partial charge >= 0.3 is 0 Å². The first-order valence-corrected chi connectivity index (χ1v) is 7.82. The Labute approximate surface area is 129 Å². The Balaban J connectivity index is 1.86. The van der Waals surface area contributed by atoms with E-state index in [4.69, 9.17) is 11.6 Å². The zero-order valence-corrected chi connectivity index (χ0v) is 13.1. The second-order valence-corrected chi connectivity index (χ2v) is 6.38. The third-order valence-corrected chi connectivity index (χ3v) is 4.76. The monoisotopic (exact) mass is 305 g/mol. The third kappa shape index (κ3) is 3.02. The Hall–Kier alpha value is -1.62. The number of nitrogens with zero attached hydrogens (tertiary/aromatic N) is 4. The molecule has 6 heteroatoms. The molecule has 5 nitrogen and oxygen atoms in total. The van der Waals surface area contributed by atoms with Gasteiger partial charge in [-0.1, -0.05) is 31.9 Å². The van der Waals surface area contributed by atoms with E-state index in [1.165, 1.54) is 19.3 Å². The average Bonchev–Trinajstić information content (AvgIpc) is 2.99. The van der Waals surface area contributed by atoms with Crippen LogP contribution in [0.3, 0.4) is 0 Å². The van der Waals surface area contributed by atoms with Gasteiger partial charge in [-0.3, -0.25) is 0 Å². The lowest BCUT2D eigenvalue weighted by Gasteiger charge is -2.36. The van der Waals surface area contributed by atoms with E-state index in [9.17, 15) is 0 Å². The summed E-state index contributed by atoms with van der Waals surface area (Å²) >= 11 is 6.35. The highest BCUT2D eigenvalue weighted by atomic mass is 35.5. The van der Waals surface area contributed by atoms with E-state index in [1.54, 1.807) is 11.0 Å². The minimum Gasteiger partial charge on any atom is -0.381 e. The van der Waals surface area contributed by atoms with Crippen molar-refractivity contribution in [2.75, 3.05) is 5.32 Å². The van der Waals surface area contributed by atoms with Crippen LogP contribution in [0.2, 0.25) is 5.02 Å². The van der Waals surface area contributed by atoms with E-state index in [0.29, 0.717) is 17.9 Å². The maximum atomic E-state index is 6.35. The number of benzene rings is 1. The van der Waals surface area contributed by atoms with Crippen LogP contribution in [-0.2, 0) is 0 Å². The largest absolute Gasteiger partial charge is 0.381 e. The lowest BCUT2D eigenvalue weighted by Crippen LogP contribution is -2.37. The average molecular weight is 306 g/mol. The standard InChI is InChI=1S/C15H20ClN5/c1-10-4-3-5-11(2)15(10)18-14-8-12(6-7-13(14)16)21-9-17-19-20-21/h6-11,15,18H,3-5H2,1-2H3. The molecular formula is C15H20ClN5. The highest BCUT2D eigenvalue weighted by Crippen LogP contribution is 2.33. The molecule has 2 atom stereocenters. The third-order valence-electron chi connectivity index (χ3n) is 4.43. The number of nitrogens with one attached hydrogen (secondary N) is 1. The molecule has 1 heterocycles. The highest BCUT2D eigenvalue weighted by molar-refractivity contribution is 6.33. The summed E-state index contributed by atoms with van der Waals surface area (Å²) in [5.41, 5.74) is 1.86. The molecule has 1 N–H and O–H groups in total. The summed E-state index contributed by atoms with van der Waals surface area (Å²) in [6.45, 7) is 4.62. The van der Waals surface area contributed by atoms with Crippen LogP contribution in [0.4, 0.5) is 5.69 Å². The van der Waals surface area contributed by atoms with Crippen LogP contribution >= 0.6 is 11.6 Å². The Kier molecular flexibility index (Phi) is 4.10. The van der Waals surface area contributed by atoms with Gasteiger partial charge in [-0.15, -0.1) is 5.10 Å². The molecule has 2 unspecified atom stereocenters. The maximum absolute atomic E-state index is 6.35. The van der Waals surface area contributed by atoms with Crippen molar-refractivity contribution in [3.63, 3.8) is 0 Å². The van der Waals surface area contributed by atoms with Crippen molar-refractivity contribution in [1.29, 1.82) is 0 Å². The zero-order valence-electron chi connectivity index (χ0n) is 12.3. The predicted octanol–water partition coefficient (Wildman–Crippen LogP) is 3.55. The van der Waals surface area contributed by atoms with Crippen LogP contribution in [0, 0.1) is 11.8 Å². The number of halogens is 1. The van der Waals surface area contributed by atoms with Gasteiger partial charge < -0.3 is 5.32 Å². The summed E-state index contributed by atoms with van der Waals surface area (Å²) < 4.78 is 1.63. The molecule has 1 aliphatic rings. The number of hydrogen-bond acceptors (Lipinski definition) is 4. The molecule has 2 aromatic rings. The maximum Gasteiger partial charge on any atom is 0.143 e. The van der Waals surface area contributed by atoms with Gasteiger partial charge in [0.05, 0.1) is 16.4 Å². The predicted molar refractivity (Wildman–Crippen MR) is 83.8 cm³/mol. The van der Waals surface area contributed by atoms with Gasteiger partial charge in [0.15, 0.2) is 0 Å². The van der Waals surface area contributed by atoms with E-state index >= 15 is 0 Å². The molecule has 21 heavy (non-hydrogen) atoms. The molecule has 0 amide bonds. The quantitative estimate of drug-likeness (QED) is 0.942. The van der Waals surface area contributed by atoms with E-state index in [-0.39, 0.29) is 0 Å². The zero-order chi connectivity index (χ0) is 14.8. The van der Waals surface area contributed by atoms with Gasteiger partial charge in [-0.25, -0.2) is 4.68 Å². The van der Waals surface area contributed by atoms with E-state index in [1.807, 2.05) is 18.2 Å². The smallest absolute Gasteiger partial charge is 0.143 e. The molecular weight excluding hydrogens is 286 g/mol. The number of hydrogen-bond donors (Lipinski definition) is 1. The van der Waals surface area contributed by atoms with E-state index in [0.717, 1.165) is 16.4 Å². The fraction of sp³-hybridized carbons (Fsp3) is 0.533. The van der Waals surface area contributed by atoms with Crippen LogP contribution in [-0.4, -0.2) is 26.2 Å². The lowest BCUT2D eigenvalue weighted by molar-refractivity contribution is 0.268. The molecule has 1 aromatic carbocycles. The molecule has 0 saturated heterocycles. The lowest BCUT2D eigenvalue weighted by atomic mass is 9.78. The minimum absolute atomic E-state index is 0.459. The fourth-order valence-electron chi connectivity index (χ4n) is 3.19. The molecule has 0 radical (unpaired) electrons. The van der Waals surface area contributed by atoms with Crippen molar-refractivity contribution in [2.45, 2.75) is 39.2 Å². The molecule has 0 bridgehead atoms. The number of aromatic nitrogens is 4. The van der Waals surface area contributed by atoms with Crippen LogP contribution in [0.1, 0.15) is 33.1 Å². The van der Waals surface area contributed by atoms with Crippen molar-refractivity contribution < 1.29 is 0 Å². The summed E-state index contributed by atoms with van der Waals surface area (Å²) in [7, 11) is 0. The highest BCUT2D eigenvalue weighted by Gasteiger charge is 2.28. The summed E-state index contributed by atoms with van der Waals surface area (Å²) in [4.78, 5) is 0. The Morgan fingerprint density at radius 2 is 2.00 bits per heavy atom. The summed E-state index contributed by atoms with van der Waals surface area (Å²) in [6, 6.07) is 6.27. The van der Waals surface area contributed by atoms with Crippen molar-refractivity contribution >= 4 is 17.3 Å². The Bertz CT molecular complexity index is 588. The van der Waals surface area contributed by atoms with Crippen LogP contribution < -0.4 is 5.32 Å². The number of anilines is 1. The first-order valence-electron chi connectivity index (χ1n) is 7.44. The molecule has 3 rings (SSSR count). The van der Waals surface area contributed by atoms with Crippen molar-refractivity contribution in [2.24, 2.45) is 11.8 Å². The van der Waals surface area contributed by atoms with Crippen molar-refractivity contribution in [3.8, 4) is 5.69 Å². The Morgan fingerprint density at radius 3 is 2.67 bits per heavy atom. The number of tetrazole rings is 1. The topological polar surface area (TPSA) is 55.6 Å². The molecule has 1 aliphatic carbocycles. The van der Waals surface area contributed by atoms with Gasteiger partial charge in [-0.05, 0) is 53.3 Å². The van der Waals surface area contributed by atoms with Gasteiger partial charge in [0, 0.05) is 6.04 Å². The van der Waals surface area contributed by atoms with Crippen LogP contribution in [0.25, 0.3) is 5.69 Å². The minimum atomic E-state index is 0.459. The summed E-state index contributed by atoms with van der Waals surface area (Å²) in [6.07, 6.45) is 5.44. The first-order chi connectivity index (χ1) is 10.1. The van der Waals surface area contributed by atoms with Gasteiger partial charge in [0.25, 0.3) is 0 Å². The van der Waals surface area contributed by atoms with Crippen LogP contribution in [0.15, 0.2) is 24.5 Å². The normalized spacial score (nSPS) is 25.8. The second kappa shape index (κ2) is 6.02. The molecule has 112 valence electrons. The van der Waals surface area contributed by atoms with Crippen molar-refractivity contribution in [3.05, 3.63) is 29.5 Å². The number of rotatable bonds is 3. The molecule has 1 fully saturated rings. The van der Waals surface area contributed by atoms with Gasteiger partial charge in [0.1, 0.15) is 6.33 Å². The van der Waals surface area contributed by atoms with Crippen LogP contribution in [0.5, 0.6) is 0 Å². The van der Waals surface area contributed by atoms with E-state index in [2.05, 4.69) is 34.7 Å². The molecule has 1 saturated carbocycles. The van der Waals surface area contributed by atoms with Crippen molar-refractivity contribution in [1.82, 2.24) is 20.2 Å². The first kappa shape index (κ1) is 14.3. The molecule has 0 aliphatic heterocycles.